The van der Waals surface area contributed by atoms with Crippen LogP contribution in [0.5, 0.6) is 0 Å². The van der Waals surface area contributed by atoms with E-state index in [9.17, 15) is 0 Å². The maximum atomic E-state index is 6.05. The SMILES string of the molecule is Cc1ccnc(N(C)CCC(N)C(C)C)c1Br. The molecule has 0 aromatic carbocycles. The van der Waals surface area contributed by atoms with E-state index in [2.05, 4.69) is 53.6 Å². The lowest BCUT2D eigenvalue weighted by atomic mass is 10.0. The Balaban J connectivity index is 2.64. The molecule has 1 heterocycles. The lowest BCUT2D eigenvalue weighted by molar-refractivity contribution is 0.465. The molecule has 1 atom stereocenters. The predicted octanol–water partition coefficient (Wildman–Crippen LogP) is 2.96. The molecule has 4 heteroatoms. The van der Waals surface area contributed by atoms with Crippen LogP contribution in [-0.2, 0) is 0 Å². The standard InChI is InChI=1S/C13H22BrN3/c1-9(2)11(15)6-8-17(4)13-12(14)10(3)5-7-16-13/h5,7,9,11H,6,8,15H2,1-4H3. The third-order valence-electron chi connectivity index (χ3n) is 3.08. The lowest BCUT2D eigenvalue weighted by Gasteiger charge is -2.23. The number of nitrogens with zero attached hydrogens (tertiary/aromatic N) is 2. The Bertz CT molecular complexity index is 366. The molecule has 0 aliphatic carbocycles. The van der Waals surface area contributed by atoms with E-state index in [-0.39, 0.29) is 6.04 Å². The number of pyridine rings is 1. The van der Waals surface area contributed by atoms with Gasteiger partial charge in [-0.1, -0.05) is 13.8 Å². The van der Waals surface area contributed by atoms with E-state index in [1.54, 1.807) is 0 Å². The fourth-order valence-corrected chi connectivity index (χ4v) is 2.11. The Morgan fingerprint density at radius 1 is 1.47 bits per heavy atom. The molecule has 1 rings (SSSR count). The van der Waals surface area contributed by atoms with E-state index in [4.69, 9.17) is 5.73 Å². The van der Waals surface area contributed by atoms with Crippen molar-refractivity contribution in [1.82, 2.24) is 4.98 Å². The fraction of sp³-hybridized carbons (Fsp3) is 0.615. The quantitative estimate of drug-likeness (QED) is 0.909. The highest BCUT2D eigenvalue weighted by Crippen LogP contribution is 2.26. The number of hydrogen-bond donors (Lipinski definition) is 1. The Labute approximate surface area is 113 Å². The molecule has 0 saturated carbocycles. The predicted molar refractivity (Wildman–Crippen MR) is 77.4 cm³/mol. The van der Waals surface area contributed by atoms with Crippen LogP contribution >= 0.6 is 15.9 Å². The van der Waals surface area contributed by atoms with Gasteiger partial charge in [0.25, 0.3) is 0 Å². The summed E-state index contributed by atoms with van der Waals surface area (Å²) < 4.78 is 1.07. The van der Waals surface area contributed by atoms with E-state index in [0.717, 1.165) is 23.3 Å². The normalized spacial score (nSPS) is 12.9. The Kier molecular flexibility index (Phi) is 5.40. The molecule has 2 N–H and O–H groups in total. The smallest absolute Gasteiger partial charge is 0.142 e. The second-order valence-electron chi connectivity index (χ2n) is 4.88. The first-order valence-corrected chi connectivity index (χ1v) is 6.80. The summed E-state index contributed by atoms with van der Waals surface area (Å²) in [5, 5.41) is 0. The van der Waals surface area contributed by atoms with Crippen molar-refractivity contribution >= 4 is 21.7 Å². The van der Waals surface area contributed by atoms with Gasteiger partial charge >= 0.3 is 0 Å². The Morgan fingerprint density at radius 3 is 2.71 bits per heavy atom. The lowest BCUT2D eigenvalue weighted by Crippen LogP contribution is -2.32. The molecular weight excluding hydrogens is 278 g/mol. The van der Waals surface area contributed by atoms with Gasteiger partial charge in [-0.05, 0) is 46.8 Å². The van der Waals surface area contributed by atoms with Gasteiger partial charge in [-0.3, -0.25) is 0 Å². The molecule has 0 spiro atoms. The van der Waals surface area contributed by atoms with Crippen molar-refractivity contribution < 1.29 is 0 Å². The van der Waals surface area contributed by atoms with Gasteiger partial charge in [0.05, 0.1) is 4.47 Å². The molecule has 17 heavy (non-hydrogen) atoms. The highest BCUT2D eigenvalue weighted by atomic mass is 79.9. The maximum absolute atomic E-state index is 6.05. The van der Waals surface area contributed by atoms with E-state index < -0.39 is 0 Å². The number of aryl methyl sites for hydroxylation is 1. The minimum Gasteiger partial charge on any atom is -0.359 e. The Hall–Kier alpha value is -0.610. The van der Waals surface area contributed by atoms with Gasteiger partial charge in [-0.2, -0.15) is 0 Å². The van der Waals surface area contributed by atoms with Crippen molar-refractivity contribution in [2.45, 2.75) is 33.2 Å². The molecular formula is C13H22BrN3. The van der Waals surface area contributed by atoms with Gasteiger partial charge in [0.1, 0.15) is 5.82 Å². The van der Waals surface area contributed by atoms with Crippen molar-refractivity contribution in [1.29, 1.82) is 0 Å². The minimum absolute atomic E-state index is 0.251. The molecule has 0 amide bonds. The van der Waals surface area contributed by atoms with Crippen LogP contribution in [-0.4, -0.2) is 24.6 Å². The van der Waals surface area contributed by atoms with E-state index in [0.29, 0.717) is 5.92 Å². The molecule has 0 aliphatic rings. The molecule has 96 valence electrons. The largest absolute Gasteiger partial charge is 0.359 e. The van der Waals surface area contributed by atoms with E-state index in [1.807, 2.05) is 12.3 Å². The summed E-state index contributed by atoms with van der Waals surface area (Å²) in [7, 11) is 2.06. The van der Waals surface area contributed by atoms with Crippen LogP contribution in [0.3, 0.4) is 0 Å². The summed E-state index contributed by atoms with van der Waals surface area (Å²) in [6.07, 6.45) is 2.82. The van der Waals surface area contributed by atoms with Crippen molar-refractivity contribution in [3.05, 3.63) is 22.3 Å². The summed E-state index contributed by atoms with van der Waals surface area (Å²) in [6, 6.07) is 2.25. The molecule has 1 unspecified atom stereocenters. The number of anilines is 1. The van der Waals surface area contributed by atoms with Crippen LogP contribution in [0, 0.1) is 12.8 Å². The molecule has 1 aromatic heterocycles. The molecule has 0 aliphatic heterocycles. The average Bonchev–Trinajstić information content (AvgIpc) is 2.29. The zero-order valence-electron chi connectivity index (χ0n) is 11.1. The van der Waals surface area contributed by atoms with Crippen molar-refractivity contribution in [2.75, 3.05) is 18.5 Å². The summed E-state index contributed by atoms with van der Waals surface area (Å²) in [5.41, 5.74) is 7.26. The third kappa shape index (κ3) is 3.96. The first-order chi connectivity index (χ1) is 7.93. The summed E-state index contributed by atoms with van der Waals surface area (Å²) in [6.45, 7) is 7.31. The van der Waals surface area contributed by atoms with Crippen molar-refractivity contribution in [3.63, 3.8) is 0 Å². The molecule has 1 aromatic rings. The van der Waals surface area contributed by atoms with Gasteiger partial charge in [0, 0.05) is 25.8 Å². The van der Waals surface area contributed by atoms with Crippen LogP contribution in [0.15, 0.2) is 16.7 Å². The highest BCUT2D eigenvalue weighted by molar-refractivity contribution is 9.10. The van der Waals surface area contributed by atoms with E-state index in [1.165, 1.54) is 5.56 Å². The van der Waals surface area contributed by atoms with E-state index >= 15 is 0 Å². The minimum atomic E-state index is 0.251. The first kappa shape index (κ1) is 14.5. The highest BCUT2D eigenvalue weighted by Gasteiger charge is 2.12. The molecule has 0 radical (unpaired) electrons. The second kappa shape index (κ2) is 6.36. The number of nitrogens with two attached hydrogens (primary N) is 1. The molecule has 0 bridgehead atoms. The monoisotopic (exact) mass is 299 g/mol. The maximum Gasteiger partial charge on any atom is 0.142 e. The van der Waals surface area contributed by atoms with Crippen molar-refractivity contribution in [3.8, 4) is 0 Å². The van der Waals surface area contributed by atoms with Crippen molar-refractivity contribution in [2.24, 2.45) is 11.7 Å². The van der Waals surface area contributed by atoms with Crippen LogP contribution < -0.4 is 10.6 Å². The first-order valence-electron chi connectivity index (χ1n) is 6.01. The fourth-order valence-electron chi connectivity index (χ4n) is 1.57. The zero-order chi connectivity index (χ0) is 13.0. The topological polar surface area (TPSA) is 42.2 Å². The number of rotatable bonds is 5. The number of hydrogen-bond acceptors (Lipinski definition) is 3. The molecule has 0 saturated heterocycles. The van der Waals surface area contributed by atoms with Gasteiger partial charge < -0.3 is 10.6 Å². The number of halogens is 1. The van der Waals surface area contributed by atoms with Crippen LogP contribution in [0.25, 0.3) is 0 Å². The third-order valence-corrected chi connectivity index (χ3v) is 4.06. The van der Waals surface area contributed by atoms with Crippen LogP contribution in [0.1, 0.15) is 25.8 Å². The van der Waals surface area contributed by atoms with Crippen LogP contribution in [0.4, 0.5) is 5.82 Å². The molecule has 0 fully saturated rings. The summed E-state index contributed by atoms with van der Waals surface area (Å²) in [5.74, 6) is 1.51. The Morgan fingerprint density at radius 2 is 2.12 bits per heavy atom. The molecule has 3 nitrogen and oxygen atoms in total. The van der Waals surface area contributed by atoms with Gasteiger partial charge in [0.15, 0.2) is 0 Å². The van der Waals surface area contributed by atoms with Crippen LogP contribution in [0.2, 0.25) is 0 Å². The van der Waals surface area contributed by atoms with Gasteiger partial charge in [-0.25, -0.2) is 4.98 Å². The number of aromatic nitrogens is 1. The average molecular weight is 300 g/mol. The summed E-state index contributed by atoms with van der Waals surface area (Å²) in [4.78, 5) is 6.55. The van der Waals surface area contributed by atoms with Gasteiger partial charge in [-0.15, -0.1) is 0 Å². The zero-order valence-corrected chi connectivity index (χ0v) is 12.7. The van der Waals surface area contributed by atoms with Gasteiger partial charge in [0.2, 0.25) is 0 Å². The summed E-state index contributed by atoms with van der Waals surface area (Å²) >= 11 is 3.58. The second-order valence-corrected chi connectivity index (χ2v) is 5.68.